The zero-order valence-corrected chi connectivity index (χ0v) is 12.9. The standard InChI is InChI=1S/C17H28O4/c1-17(11-16(20)21)13(8-10-15(17)19)7-9-14(18)12-5-3-2-4-6-12/h8,12,14-15,18-19H,2-7,9-11H2,1H3,(H,20,21)/t14?,15-,17+/m0/s1. The quantitative estimate of drug-likeness (QED) is 0.659. The smallest absolute Gasteiger partial charge is 0.304 e. The molecule has 3 atom stereocenters. The lowest BCUT2D eigenvalue weighted by Gasteiger charge is -2.32. The molecule has 0 bridgehead atoms. The van der Waals surface area contributed by atoms with Crippen molar-refractivity contribution in [2.75, 3.05) is 0 Å². The molecule has 0 amide bonds. The molecule has 2 aliphatic rings. The highest BCUT2D eigenvalue weighted by Gasteiger charge is 2.42. The summed E-state index contributed by atoms with van der Waals surface area (Å²) in [5.74, 6) is -0.478. The summed E-state index contributed by atoms with van der Waals surface area (Å²) in [5, 5.41) is 29.5. The third-order valence-electron chi connectivity index (χ3n) is 5.48. The van der Waals surface area contributed by atoms with Crippen molar-refractivity contribution in [3.05, 3.63) is 11.6 Å². The maximum atomic E-state index is 11.0. The molecule has 0 aromatic rings. The first-order chi connectivity index (χ1) is 9.93. The fourth-order valence-electron chi connectivity index (χ4n) is 3.95. The Hall–Kier alpha value is -0.870. The van der Waals surface area contributed by atoms with E-state index in [0.29, 0.717) is 25.2 Å². The summed E-state index contributed by atoms with van der Waals surface area (Å²) < 4.78 is 0. The van der Waals surface area contributed by atoms with Crippen LogP contribution in [0.15, 0.2) is 11.6 Å². The molecular weight excluding hydrogens is 268 g/mol. The molecule has 1 saturated carbocycles. The lowest BCUT2D eigenvalue weighted by Crippen LogP contribution is -2.33. The zero-order valence-electron chi connectivity index (χ0n) is 12.9. The molecule has 2 aliphatic carbocycles. The fraction of sp³-hybridized carbons (Fsp3) is 0.824. The normalized spacial score (nSPS) is 32.0. The lowest BCUT2D eigenvalue weighted by molar-refractivity contribution is -0.140. The predicted molar refractivity (Wildman–Crippen MR) is 80.9 cm³/mol. The number of rotatable bonds is 6. The highest BCUT2D eigenvalue weighted by atomic mass is 16.4. The molecule has 0 radical (unpaired) electrons. The molecule has 2 rings (SSSR count). The van der Waals surface area contributed by atoms with Gasteiger partial charge in [0, 0.05) is 5.41 Å². The molecule has 0 heterocycles. The Labute approximate surface area is 126 Å². The topological polar surface area (TPSA) is 77.8 Å². The second-order valence-electron chi connectivity index (χ2n) is 6.97. The second-order valence-corrected chi connectivity index (χ2v) is 6.97. The third-order valence-corrected chi connectivity index (χ3v) is 5.48. The SMILES string of the molecule is C[C@@]1(CC(=O)O)C(CCC(O)C2CCCCC2)=CC[C@@H]1O. The van der Waals surface area contributed by atoms with Gasteiger partial charge in [-0.3, -0.25) is 4.79 Å². The Balaban J connectivity index is 1.90. The van der Waals surface area contributed by atoms with Crippen LogP contribution in [0.1, 0.15) is 64.7 Å². The van der Waals surface area contributed by atoms with E-state index in [2.05, 4.69) is 0 Å². The predicted octanol–water partition coefficient (Wildman–Crippen LogP) is 2.88. The molecule has 0 saturated heterocycles. The van der Waals surface area contributed by atoms with Gasteiger partial charge in [0.2, 0.25) is 0 Å². The number of carboxylic acids is 1. The van der Waals surface area contributed by atoms with E-state index < -0.39 is 17.5 Å². The van der Waals surface area contributed by atoms with Gasteiger partial charge < -0.3 is 15.3 Å². The minimum absolute atomic E-state index is 0.0421. The van der Waals surface area contributed by atoms with Gasteiger partial charge in [-0.05, 0) is 38.0 Å². The fourth-order valence-corrected chi connectivity index (χ4v) is 3.95. The number of carbonyl (C=O) groups is 1. The summed E-state index contributed by atoms with van der Waals surface area (Å²) in [7, 11) is 0. The molecule has 0 aromatic carbocycles. The number of aliphatic hydroxyl groups excluding tert-OH is 2. The van der Waals surface area contributed by atoms with E-state index in [4.69, 9.17) is 5.11 Å². The minimum atomic E-state index is -0.878. The molecule has 4 heteroatoms. The van der Waals surface area contributed by atoms with Gasteiger partial charge in [0.25, 0.3) is 0 Å². The number of hydrogen-bond acceptors (Lipinski definition) is 3. The van der Waals surface area contributed by atoms with Gasteiger partial charge in [0.15, 0.2) is 0 Å². The Morgan fingerprint density at radius 1 is 1.38 bits per heavy atom. The number of aliphatic hydroxyl groups is 2. The highest BCUT2D eigenvalue weighted by Crippen LogP contribution is 2.44. The average Bonchev–Trinajstić information content (AvgIpc) is 2.72. The molecule has 1 fully saturated rings. The summed E-state index contributed by atoms with van der Waals surface area (Å²) in [6.45, 7) is 1.83. The van der Waals surface area contributed by atoms with Gasteiger partial charge in [-0.15, -0.1) is 0 Å². The minimum Gasteiger partial charge on any atom is -0.481 e. The van der Waals surface area contributed by atoms with Crippen molar-refractivity contribution in [2.45, 2.75) is 76.9 Å². The van der Waals surface area contributed by atoms with Crippen LogP contribution in [-0.4, -0.2) is 33.5 Å². The van der Waals surface area contributed by atoms with Gasteiger partial charge in [0.05, 0.1) is 18.6 Å². The first-order valence-corrected chi connectivity index (χ1v) is 8.21. The highest BCUT2D eigenvalue weighted by molar-refractivity contribution is 5.68. The Morgan fingerprint density at radius 2 is 2.05 bits per heavy atom. The van der Waals surface area contributed by atoms with Gasteiger partial charge in [-0.2, -0.15) is 0 Å². The van der Waals surface area contributed by atoms with Crippen LogP contribution in [0.25, 0.3) is 0 Å². The van der Waals surface area contributed by atoms with Gasteiger partial charge >= 0.3 is 5.97 Å². The van der Waals surface area contributed by atoms with Crippen LogP contribution >= 0.6 is 0 Å². The van der Waals surface area contributed by atoms with Crippen molar-refractivity contribution >= 4 is 5.97 Å². The van der Waals surface area contributed by atoms with E-state index in [-0.39, 0.29) is 12.5 Å². The van der Waals surface area contributed by atoms with Crippen molar-refractivity contribution in [3.8, 4) is 0 Å². The van der Waals surface area contributed by atoms with Crippen molar-refractivity contribution in [3.63, 3.8) is 0 Å². The monoisotopic (exact) mass is 296 g/mol. The maximum Gasteiger partial charge on any atom is 0.304 e. The first-order valence-electron chi connectivity index (χ1n) is 8.21. The summed E-state index contributed by atoms with van der Waals surface area (Å²) in [6.07, 6.45) is 8.83. The number of hydrogen-bond donors (Lipinski definition) is 3. The molecule has 3 N–H and O–H groups in total. The molecule has 0 spiro atoms. The van der Waals surface area contributed by atoms with E-state index in [1.165, 1.54) is 19.3 Å². The van der Waals surface area contributed by atoms with Crippen molar-refractivity contribution in [2.24, 2.45) is 11.3 Å². The average molecular weight is 296 g/mol. The maximum absolute atomic E-state index is 11.0. The van der Waals surface area contributed by atoms with Gasteiger partial charge in [-0.25, -0.2) is 0 Å². The van der Waals surface area contributed by atoms with Gasteiger partial charge in [0.1, 0.15) is 0 Å². The molecule has 0 aliphatic heterocycles. The molecule has 0 aromatic heterocycles. The van der Waals surface area contributed by atoms with Crippen LogP contribution in [0, 0.1) is 11.3 Å². The van der Waals surface area contributed by atoms with Crippen molar-refractivity contribution in [1.29, 1.82) is 0 Å². The van der Waals surface area contributed by atoms with Crippen LogP contribution in [0.2, 0.25) is 0 Å². The van der Waals surface area contributed by atoms with E-state index in [0.717, 1.165) is 18.4 Å². The molecule has 1 unspecified atom stereocenters. The van der Waals surface area contributed by atoms with E-state index in [1.807, 2.05) is 13.0 Å². The molecule has 21 heavy (non-hydrogen) atoms. The van der Waals surface area contributed by atoms with E-state index in [9.17, 15) is 15.0 Å². The van der Waals surface area contributed by atoms with Crippen LogP contribution < -0.4 is 0 Å². The molecule has 4 nitrogen and oxygen atoms in total. The van der Waals surface area contributed by atoms with E-state index in [1.54, 1.807) is 0 Å². The summed E-state index contributed by atoms with van der Waals surface area (Å²) in [5.41, 5.74) is 0.338. The number of carboxylic acid groups (broad SMARTS) is 1. The van der Waals surface area contributed by atoms with Gasteiger partial charge in [-0.1, -0.05) is 37.8 Å². The zero-order chi connectivity index (χ0) is 15.5. The summed E-state index contributed by atoms with van der Waals surface area (Å²) >= 11 is 0. The first kappa shape index (κ1) is 16.5. The Kier molecular flexibility index (Phi) is 5.44. The van der Waals surface area contributed by atoms with Crippen LogP contribution in [-0.2, 0) is 4.79 Å². The Morgan fingerprint density at radius 3 is 2.67 bits per heavy atom. The van der Waals surface area contributed by atoms with Crippen LogP contribution in [0.4, 0.5) is 0 Å². The van der Waals surface area contributed by atoms with E-state index >= 15 is 0 Å². The number of aliphatic carboxylic acids is 1. The van der Waals surface area contributed by atoms with Crippen molar-refractivity contribution < 1.29 is 20.1 Å². The van der Waals surface area contributed by atoms with Crippen LogP contribution in [0.3, 0.4) is 0 Å². The van der Waals surface area contributed by atoms with Crippen molar-refractivity contribution in [1.82, 2.24) is 0 Å². The Bertz CT molecular complexity index is 398. The third kappa shape index (κ3) is 3.86. The van der Waals surface area contributed by atoms with Crippen LogP contribution in [0.5, 0.6) is 0 Å². The second kappa shape index (κ2) is 6.93. The lowest BCUT2D eigenvalue weighted by atomic mass is 9.75. The molecular formula is C17H28O4. The molecule has 120 valence electrons. The summed E-state index contributed by atoms with van der Waals surface area (Å²) in [4.78, 5) is 11.0. The summed E-state index contributed by atoms with van der Waals surface area (Å²) in [6, 6.07) is 0. The largest absolute Gasteiger partial charge is 0.481 e.